The maximum absolute atomic E-state index is 12.2. The quantitative estimate of drug-likeness (QED) is 0.928. The van der Waals surface area contributed by atoms with Gasteiger partial charge in [0.25, 0.3) is 0 Å². The van der Waals surface area contributed by atoms with Gasteiger partial charge in [-0.3, -0.25) is 4.79 Å². The molecular formula is C14H16BrNO3. The fourth-order valence-corrected chi connectivity index (χ4v) is 2.92. The number of carboxylic acids is 1. The van der Waals surface area contributed by atoms with Gasteiger partial charge in [-0.25, -0.2) is 4.79 Å². The minimum absolute atomic E-state index is 0.102. The number of aryl methyl sites for hydroxylation is 1. The molecule has 1 aliphatic heterocycles. The first kappa shape index (κ1) is 14.1. The van der Waals surface area contributed by atoms with Crippen molar-refractivity contribution in [3.63, 3.8) is 0 Å². The summed E-state index contributed by atoms with van der Waals surface area (Å²) < 4.78 is 0.978. The second kappa shape index (κ2) is 5.74. The maximum atomic E-state index is 12.2. The first-order valence-electron chi connectivity index (χ1n) is 6.26. The highest BCUT2D eigenvalue weighted by molar-refractivity contribution is 9.10. The lowest BCUT2D eigenvalue weighted by atomic mass is 10.1. The number of hydrogen-bond donors (Lipinski definition) is 1. The average Bonchev–Trinajstić information content (AvgIpc) is 2.82. The molecule has 1 aromatic carbocycles. The fourth-order valence-electron chi connectivity index (χ4n) is 2.44. The topological polar surface area (TPSA) is 57.6 Å². The van der Waals surface area contributed by atoms with Crippen molar-refractivity contribution in [1.29, 1.82) is 0 Å². The van der Waals surface area contributed by atoms with Crippen LogP contribution in [0.25, 0.3) is 0 Å². The van der Waals surface area contributed by atoms with E-state index >= 15 is 0 Å². The van der Waals surface area contributed by atoms with E-state index in [0.29, 0.717) is 13.0 Å². The average molecular weight is 326 g/mol. The molecule has 5 heteroatoms. The monoisotopic (exact) mass is 325 g/mol. The Bertz CT molecular complexity index is 515. The Hall–Kier alpha value is -1.36. The van der Waals surface area contributed by atoms with Crippen LogP contribution in [0.4, 0.5) is 0 Å². The standard InChI is InChI=1S/C14H16BrNO3/c1-9-7-11(15)5-4-10(9)8-13(17)16-6-2-3-12(16)14(18)19/h4-5,7,12H,2-3,6,8H2,1H3,(H,18,19)/t12-/m0/s1. The first-order chi connectivity index (χ1) is 8.99. The molecule has 0 radical (unpaired) electrons. The molecule has 0 spiro atoms. The van der Waals surface area contributed by atoms with Gasteiger partial charge in [-0.05, 0) is 43.0 Å². The summed E-state index contributed by atoms with van der Waals surface area (Å²) in [5.41, 5.74) is 1.98. The number of likely N-dealkylation sites (tertiary alicyclic amines) is 1. The molecule has 1 fully saturated rings. The van der Waals surface area contributed by atoms with Crippen LogP contribution in [0.15, 0.2) is 22.7 Å². The van der Waals surface area contributed by atoms with Gasteiger partial charge in [0.2, 0.25) is 5.91 Å². The van der Waals surface area contributed by atoms with Gasteiger partial charge in [0.05, 0.1) is 6.42 Å². The molecule has 0 aromatic heterocycles. The Morgan fingerprint density at radius 2 is 2.21 bits per heavy atom. The van der Waals surface area contributed by atoms with Gasteiger partial charge in [0, 0.05) is 11.0 Å². The molecule has 4 nitrogen and oxygen atoms in total. The number of hydrogen-bond acceptors (Lipinski definition) is 2. The minimum Gasteiger partial charge on any atom is -0.480 e. The Morgan fingerprint density at radius 3 is 2.84 bits per heavy atom. The van der Waals surface area contributed by atoms with Crippen LogP contribution in [0.1, 0.15) is 24.0 Å². The van der Waals surface area contributed by atoms with Gasteiger partial charge < -0.3 is 10.0 Å². The van der Waals surface area contributed by atoms with Crippen LogP contribution in [-0.4, -0.2) is 34.5 Å². The van der Waals surface area contributed by atoms with Crippen LogP contribution in [0, 0.1) is 6.92 Å². The number of halogens is 1. The van der Waals surface area contributed by atoms with Crippen molar-refractivity contribution in [2.75, 3.05) is 6.54 Å². The van der Waals surface area contributed by atoms with E-state index in [1.165, 1.54) is 4.90 Å². The van der Waals surface area contributed by atoms with Gasteiger partial charge in [-0.15, -0.1) is 0 Å². The van der Waals surface area contributed by atoms with Crippen LogP contribution in [0.2, 0.25) is 0 Å². The molecule has 1 amide bonds. The van der Waals surface area contributed by atoms with Gasteiger partial charge in [-0.1, -0.05) is 22.0 Å². The molecule has 0 unspecified atom stereocenters. The van der Waals surface area contributed by atoms with E-state index in [4.69, 9.17) is 5.11 Å². The lowest BCUT2D eigenvalue weighted by molar-refractivity contribution is -0.148. The van der Waals surface area contributed by atoms with Crippen molar-refractivity contribution in [2.45, 2.75) is 32.2 Å². The van der Waals surface area contributed by atoms with Crippen LogP contribution in [-0.2, 0) is 16.0 Å². The lowest BCUT2D eigenvalue weighted by Crippen LogP contribution is -2.41. The van der Waals surface area contributed by atoms with Crippen molar-refractivity contribution in [3.8, 4) is 0 Å². The largest absolute Gasteiger partial charge is 0.480 e. The number of carbonyl (C=O) groups is 2. The highest BCUT2D eigenvalue weighted by Gasteiger charge is 2.33. The van der Waals surface area contributed by atoms with E-state index in [0.717, 1.165) is 22.0 Å². The molecular weight excluding hydrogens is 310 g/mol. The van der Waals surface area contributed by atoms with Crippen molar-refractivity contribution in [3.05, 3.63) is 33.8 Å². The third kappa shape index (κ3) is 3.15. The van der Waals surface area contributed by atoms with E-state index in [2.05, 4.69) is 15.9 Å². The van der Waals surface area contributed by atoms with Crippen LogP contribution in [0.3, 0.4) is 0 Å². The molecule has 1 saturated heterocycles. The smallest absolute Gasteiger partial charge is 0.326 e. The third-order valence-electron chi connectivity index (χ3n) is 3.50. The van der Waals surface area contributed by atoms with Gasteiger partial charge in [0.15, 0.2) is 0 Å². The predicted octanol–water partition coefficient (Wildman–Crippen LogP) is 2.38. The molecule has 2 rings (SSSR count). The fraction of sp³-hybridized carbons (Fsp3) is 0.429. The minimum atomic E-state index is -0.904. The van der Waals surface area contributed by atoms with Crippen LogP contribution in [0.5, 0.6) is 0 Å². The van der Waals surface area contributed by atoms with Crippen molar-refractivity contribution < 1.29 is 14.7 Å². The number of benzene rings is 1. The molecule has 19 heavy (non-hydrogen) atoms. The molecule has 102 valence electrons. The normalized spacial score (nSPS) is 18.6. The molecule has 0 bridgehead atoms. The molecule has 1 aliphatic rings. The number of carbonyl (C=O) groups excluding carboxylic acids is 1. The van der Waals surface area contributed by atoms with Gasteiger partial charge in [0.1, 0.15) is 6.04 Å². The van der Waals surface area contributed by atoms with Crippen molar-refractivity contribution in [1.82, 2.24) is 4.90 Å². The Balaban J connectivity index is 2.10. The van der Waals surface area contributed by atoms with E-state index in [1.54, 1.807) is 0 Å². The summed E-state index contributed by atoms with van der Waals surface area (Å²) in [6.07, 6.45) is 1.59. The Kier molecular flexibility index (Phi) is 4.24. The molecule has 1 atom stereocenters. The number of amides is 1. The highest BCUT2D eigenvalue weighted by atomic mass is 79.9. The summed E-state index contributed by atoms with van der Waals surface area (Å²) in [7, 11) is 0. The molecule has 1 heterocycles. The number of rotatable bonds is 3. The third-order valence-corrected chi connectivity index (χ3v) is 4.00. The molecule has 1 N–H and O–H groups in total. The SMILES string of the molecule is Cc1cc(Br)ccc1CC(=O)N1CCC[C@H]1C(=O)O. The molecule has 1 aromatic rings. The molecule has 0 saturated carbocycles. The van der Waals surface area contributed by atoms with Crippen LogP contribution < -0.4 is 0 Å². The number of aliphatic carboxylic acids is 1. The van der Waals surface area contributed by atoms with E-state index in [1.807, 2.05) is 25.1 Å². The van der Waals surface area contributed by atoms with Gasteiger partial charge in [-0.2, -0.15) is 0 Å². The Labute approximate surface area is 120 Å². The van der Waals surface area contributed by atoms with E-state index in [-0.39, 0.29) is 12.3 Å². The summed E-state index contributed by atoms with van der Waals surface area (Å²) in [6.45, 7) is 2.50. The zero-order valence-electron chi connectivity index (χ0n) is 10.7. The number of carboxylic acid groups (broad SMARTS) is 1. The summed E-state index contributed by atoms with van der Waals surface area (Å²) in [5.74, 6) is -1.01. The molecule has 0 aliphatic carbocycles. The van der Waals surface area contributed by atoms with Gasteiger partial charge >= 0.3 is 5.97 Å². The predicted molar refractivity (Wildman–Crippen MR) is 75.0 cm³/mol. The zero-order chi connectivity index (χ0) is 14.0. The number of nitrogens with zero attached hydrogens (tertiary/aromatic N) is 1. The summed E-state index contributed by atoms with van der Waals surface area (Å²) in [5, 5.41) is 9.09. The lowest BCUT2D eigenvalue weighted by Gasteiger charge is -2.21. The zero-order valence-corrected chi connectivity index (χ0v) is 12.3. The summed E-state index contributed by atoms with van der Waals surface area (Å²) in [4.78, 5) is 24.8. The maximum Gasteiger partial charge on any atom is 0.326 e. The van der Waals surface area contributed by atoms with Crippen molar-refractivity contribution >= 4 is 27.8 Å². The van der Waals surface area contributed by atoms with Crippen molar-refractivity contribution in [2.24, 2.45) is 0 Å². The van der Waals surface area contributed by atoms with Crippen LogP contribution >= 0.6 is 15.9 Å². The highest BCUT2D eigenvalue weighted by Crippen LogP contribution is 2.21. The Morgan fingerprint density at radius 1 is 1.47 bits per heavy atom. The summed E-state index contributed by atoms with van der Waals surface area (Å²) in [6, 6.07) is 5.11. The second-order valence-electron chi connectivity index (χ2n) is 4.83. The van der Waals surface area contributed by atoms with E-state index < -0.39 is 12.0 Å². The first-order valence-corrected chi connectivity index (χ1v) is 7.05. The summed E-state index contributed by atoms with van der Waals surface area (Å²) >= 11 is 3.38. The van der Waals surface area contributed by atoms with E-state index in [9.17, 15) is 9.59 Å². The second-order valence-corrected chi connectivity index (χ2v) is 5.75.